The van der Waals surface area contributed by atoms with Crippen molar-refractivity contribution in [3.05, 3.63) is 58.7 Å². The molecule has 3 aromatic rings. The van der Waals surface area contributed by atoms with Crippen LogP contribution >= 0.6 is 23.2 Å². The molecule has 1 aromatic heterocycles. The summed E-state index contributed by atoms with van der Waals surface area (Å²) < 4.78 is 7.58. The average Bonchev–Trinajstić information content (AvgIpc) is 3.12. The van der Waals surface area contributed by atoms with Crippen LogP contribution in [0.25, 0.3) is 16.6 Å². The molecule has 0 amide bonds. The lowest BCUT2D eigenvalue weighted by atomic mass is 10.1. The van der Waals surface area contributed by atoms with Gasteiger partial charge < -0.3 is 15.0 Å². The van der Waals surface area contributed by atoms with Crippen LogP contribution in [0, 0.1) is 11.3 Å². The largest absolute Gasteiger partial charge is 0.489 e. The molecule has 29 heavy (non-hydrogen) atoms. The number of nitriles is 1. The Morgan fingerprint density at radius 3 is 2.76 bits per heavy atom. The molecule has 0 aliphatic carbocycles. The molecular weight excluding hydrogens is 407 g/mol. The highest BCUT2D eigenvalue weighted by molar-refractivity contribution is 6.32. The Balaban J connectivity index is 1.59. The van der Waals surface area contributed by atoms with Crippen LogP contribution in [0.1, 0.15) is 11.1 Å². The summed E-state index contributed by atoms with van der Waals surface area (Å²) in [5, 5.41) is 11.1. The number of alkyl halides is 1. The molecular formula is C22H22Cl2N4O. The highest BCUT2D eigenvalue weighted by Gasteiger charge is 2.22. The Morgan fingerprint density at radius 1 is 1.21 bits per heavy atom. The van der Waals surface area contributed by atoms with E-state index < -0.39 is 0 Å². The zero-order valence-corrected chi connectivity index (χ0v) is 17.5. The Hall–Kier alpha value is -2.23. The molecule has 0 spiro atoms. The summed E-state index contributed by atoms with van der Waals surface area (Å²) in [7, 11) is 0. The van der Waals surface area contributed by atoms with Crippen molar-refractivity contribution in [2.75, 3.05) is 32.1 Å². The number of likely N-dealkylation sites (tertiary alicyclic amines) is 1. The first-order valence-corrected chi connectivity index (χ1v) is 10.5. The molecule has 0 bridgehead atoms. The molecule has 0 atom stereocenters. The van der Waals surface area contributed by atoms with Crippen molar-refractivity contribution in [1.82, 2.24) is 9.47 Å². The first-order chi connectivity index (χ1) is 14.1. The van der Waals surface area contributed by atoms with Crippen LogP contribution in [-0.2, 0) is 6.42 Å². The third kappa shape index (κ3) is 4.22. The molecule has 0 unspecified atom stereocenters. The maximum atomic E-state index is 9.52. The predicted molar refractivity (Wildman–Crippen MR) is 117 cm³/mol. The molecule has 1 aliphatic rings. The van der Waals surface area contributed by atoms with Crippen molar-refractivity contribution in [2.45, 2.75) is 12.5 Å². The molecule has 1 aliphatic heterocycles. The van der Waals surface area contributed by atoms with Crippen LogP contribution in [0.2, 0.25) is 5.02 Å². The molecule has 4 rings (SSSR count). The van der Waals surface area contributed by atoms with Crippen LogP contribution in [0.3, 0.4) is 0 Å². The minimum Gasteiger partial charge on any atom is -0.489 e. The highest BCUT2D eigenvalue weighted by atomic mass is 35.5. The Morgan fingerprint density at radius 2 is 2.03 bits per heavy atom. The summed E-state index contributed by atoms with van der Waals surface area (Å²) in [6.07, 6.45) is 3.00. The van der Waals surface area contributed by atoms with Gasteiger partial charge >= 0.3 is 0 Å². The second-order valence-electron chi connectivity index (χ2n) is 7.30. The lowest BCUT2D eigenvalue weighted by Gasteiger charge is -2.36. The molecule has 1 saturated heterocycles. The highest BCUT2D eigenvalue weighted by Crippen LogP contribution is 2.33. The summed E-state index contributed by atoms with van der Waals surface area (Å²) in [6.45, 7) is 3.31. The monoisotopic (exact) mass is 428 g/mol. The number of nitrogens with two attached hydrogens (primary N) is 1. The summed E-state index contributed by atoms with van der Waals surface area (Å²) >= 11 is 12.1. The van der Waals surface area contributed by atoms with E-state index in [0.29, 0.717) is 34.9 Å². The lowest BCUT2D eigenvalue weighted by Crippen LogP contribution is -2.55. The first kappa shape index (κ1) is 20.1. The normalized spacial score (nSPS) is 14.7. The first-order valence-electron chi connectivity index (χ1n) is 9.59. The van der Waals surface area contributed by atoms with Gasteiger partial charge in [-0.2, -0.15) is 5.26 Å². The van der Waals surface area contributed by atoms with E-state index in [-0.39, 0.29) is 0 Å². The molecule has 5 nitrogen and oxygen atoms in total. The maximum Gasteiger partial charge on any atom is 0.155 e. The third-order valence-corrected chi connectivity index (χ3v) is 5.64. The molecule has 2 aromatic carbocycles. The average molecular weight is 429 g/mol. The fraction of sp³-hybridized carbons (Fsp3) is 0.318. The Bertz CT molecular complexity index is 1070. The van der Waals surface area contributed by atoms with Gasteiger partial charge in [0.15, 0.2) is 5.75 Å². The quantitative estimate of drug-likeness (QED) is 0.578. The van der Waals surface area contributed by atoms with Crippen molar-refractivity contribution in [2.24, 2.45) is 5.73 Å². The van der Waals surface area contributed by atoms with Crippen molar-refractivity contribution < 1.29 is 4.74 Å². The number of ether oxygens (including phenoxy) is 1. The van der Waals surface area contributed by atoms with Crippen LogP contribution < -0.4 is 10.5 Å². The van der Waals surface area contributed by atoms with Gasteiger partial charge in [-0.25, -0.2) is 0 Å². The van der Waals surface area contributed by atoms with Gasteiger partial charge in [0.05, 0.1) is 22.0 Å². The lowest BCUT2D eigenvalue weighted by molar-refractivity contribution is 0.153. The van der Waals surface area contributed by atoms with E-state index in [1.54, 1.807) is 6.07 Å². The summed E-state index contributed by atoms with van der Waals surface area (Å²) in [4.78, 5) is 2.37. The van der Waals surface area contributed by atoms with E-state index in [2.05, 4.69) is 35.2 Å². The summed E-state index contributed by atoms with van der Waals surface area (Å²) in [5.41, 5.74) is 9.43. The predicted octanol–water partition coefficient (Wildman–Crippen LogP) is 3.96. The van der Waals surface area contributed by atoms with Gasteiger partial charge in [0.1, 0.15) is 12.7 Å². The number of halogens is 2. The van der Waals surface area contributed by atoms with Crippen LogP contribution in [0.4, 0.5) is 0 Å². The molecule has 150 valence electrons. The van der Waals surface area contributed by atoms with Crippen molar-refractivity contribution in [3.63, 3.8) is 0 Å². The van der Waals surface area contributed by atoms with E-state index in [1.165, 1.54) is 5.56 Å². The SMILES string of the molecule is N#Cc1cc(-n2ccc3cc(CCN4CC(N)C4)ccc32)cc(Cl)c1OCCCl. The van der Waals surface area contributed by atoms with E-state index in [0.717, 1.165) is 42.6 Å². The number of hydrogen-bond donors (Lipinski definition) is 1. The minimum absolute atomic E-state index is 0.299. The number of aromatic nitrogens is 1. The molecule has 7 heteroatoms. The van der Waals surface area contributed by atoms with Gasteiger partial charge in [0, 0.05) is 42.9 Å². The van der Waals surface area contributed by atoms with Gasteiger partial charge in [-0.15, -0.1) is 11.6 Å². The Labute approximate surface area is 180 Å². The number of benzene rings is 2. The standard InChI is InChI=1S/C22H22Cl2N4O/c23-5-8-29-22-17(12-25)10-19(11-20(22)24)28-7-4-16-9-15(1-2-21(16)28)3-6-27-13-18(26)14-27/h1-2,4,7,9-11,18H,3,5-6,8,13-14,26H2. The Kier molecular flexibility index (Phi) is 5.98. The second-order valence-corrected chi connectivity index (χ2v) is 8.09. The summed E-state index contributed by atoms with van der Waals surface area (Å²) in [6, 6.07) is 14.7. The molecule has 2 N–H and O–H groups in total. The van der Waals surface area contributed by atoms with E-state index in [1.807, 2.05) is 16.8 Å². The van der Waals surface area contributed by atoms with E-state index >= 15 is 0 Å². The minimum atomic E-state index is 0.299. The zero-order chi connectivity index (χ0) is 20.4. The number of nitrogens with zero attached hydrogens (tertiary/aromatic N) is 3. The van der Waals surface area contributed by atoms with Gasteiger partial charge in [-0.1, -0.05) is 17.7 Å². The fourth-order valence-corrected chi connectivity index (χ4v) is 4.09. The number of hydrogen-bond acceptors (Lipinski definition) is 4. The molecule has 0 saturated carbocycles. The van der Waals surface area contributed by atoms with E-state index in [4.69, 9.17) is 33.7 Å². The van der Waals surface area contributed by atoms with E-state index in [9.17, 15) is 5.26 Å². The molecule has 2 heterocycles. The molecule has 1 fully saturated rings. The number of rotatable bonds is 7. The van der Waals surface area contributed by atoms with Gasteiger partial charge in [-0.05, 0) is 42.3 Å². The smallest absolute Gasteiger partial charge is 0.155 e. The van der Waals surface area contributed by atoms with Gasteiger partial charge in [0.25, 0.3) is 0 Å². The molecule has 0 radical (unpaired) electrons. The maximum absolute atomic E-state index is 9.52. The zero-order valence-electron chi connectivity index (χ0n) is 15.9. The topological polar surface area (TPSA) is 67.2 Å². The fourth-order valence-electron chi connectivity index (χ4n) is 3.74. The van der Waals surface area contributed by atoms with Crippen molar-refractivity contribution in [3.8, 4) is 17.5 Å². The van der Waals surface area contributed by atoms with Crippen LogP contribution in [-0.4, -0.2) is 47.6 Å². The third-order valence-electron chi connectivity index (χ3n) is 5.21. The van der Waals surface area contributed by atoms with Crippen LogP contribution in [0.15, 0.2) is 42.6 Å². The van der Waals surface area contributed by atoms with Gasteiger partial charge in [0.2, 0.25) is 0 Å². The second kappa shape index (κ2) is 8.64. The summed E-state index contributed by atoms with van der Waals surface area (Å²) in [5.74, 6) is 0.709. The van der Waals surface area contributed by atoms with Crippen LogP contribution in [0.5, 0.6) is 5.75 Å². The number of fused-ring (bicyclic) bond motifs is 1. The van der Waals surface area contributed by atoms with Crippen molar-refractivity contribution in [1.29, 1.82) is 5.26 Å². The van der Waals surface area contributed by atoms with Gasteiger partial charge in [-0.3, -0.25) is 4.90 Å². The van der Waals surface area contributed by atoms with Crippen molar-refractivity contribution >= 4 is 34.1 Å².